The Morgan fingerprint density at radius 3 is 2.52 bits per heavy atom. The van der Waals surface area contributed by atoms with Crippen LogP contribution in [0.25, 0.3) is 0 Å². The number of esters is 1. The summed E-state index contributed by atoms with van der Waals surface area (Å²) in [5.74, 6) is -0.687. The number of pyridine rings is 1. The zero-order valence-electron chi connectivity index (χ0n) is 14.6. The monoisotopic (exact) mass is 320 g/mol. The summed E-state index contributed by atoms with van der Waals surface area (Å²) in [5.41, 5.74) is 0.278. The van der Waals surface area contributed by atoms with E-state index in [4.69, 9.17) is 4.74 Å². The summed E-state index contributed by atoms with van der Waals surface area (Å²) in [6.45, 7) is 7.79. The summed E-state index contributed by atoms with van der Waals surface area (Å²) in [6, 6.07) is 3.48. The van der Waals surface area contributed by atoms with Crippen LogP contribution in [0.1, 0.15) is 68.9 Å². The molecular formula is C18H28N2O3. The molecule has 0 aliphatic rings. The van der Waals surface area contributed by atoms with Crippen molar-refractivity contribution in [3.05, 3.63) is 29.6 Å². The number of nitrogens with zero attached hydrogens (tertiary/aromatic N) is 1. The van der Waals surface area contributed by atoms with E-state index < -0.39 is 5.54 Å². The highest BCUT2D eigenvalue weighted by Crippen LogP contribution is 2.18. The molecule has 0 saturated heterocycles. The third-order valence-electron chi connectivity index (χ3n) is 3.82. The Kier molecular flexibility index (Phi) is 7.72. The molecule has 23 heavy (non-hydrogen) atoms. The average molecular weight is 320 g/mol. The zero-order valence-corrected chi connectivity index (χ0v) is 14.6. The molecule has 0 spiro atoms. The number of hydrogen-bond donors (Lipinski definition) is 1. The number of nitrogens with one attached hydrogen (secondary N) is 1. The predicted molar refractivity (Wildman–Crippen MR) is 90.2 cm³/mol. The number of carbonyl (C=O) groups is 2. The Balaban J connectivity index is 2.80. The molecule has 1 atom stereocenters. The van der Waals surface area contributed by atoms with Crippen molar-refractivity contribution in [2.24, 2.45) is 0 Å². The third kappa shape index (κ3) is 6.00. The van der Waals surface area contributed by atoms with Gasteiger partial charge in [-0.1, -0.05) is 32.6 Å². The molecule has 1 heterocycles. The topological polar surface area (TPSA) is 68.3 Å². The second-order valence-electron chi connectivity index (χ2n) is 6.01. The van der Waals surface area contributed by atoms with Gasteiger partial charge in [0.15, 0.2) is 0 Å². The number of ether oxygens (including phenoxy) is 1. The minimum atomic E-state index is -1.01. The SMILES string of the molecule is CCCCCCC(C)(NC(=O)c1ccc(C)nc1)C(=O)OCC. The van der Waals surface area contributed by atoms with Crippen LogP contribution < -0.4 is 5.32 Å². The van der Waals surface area contributed by atoms with Gasteiger partial charge in [-0.2, -0.15) is 0 Å². The number of aromatic nitrogens is 1. The molecule has 1 rings (SSSR count). The summed E-state index contributed by atoms with van der Waals surface area (Å²) in [4.78, 5) is 28.8. The zero-order chi connectivity index (χ0) is 17.3. The third-order valence-corrected chi connectivity index (χ3v) is 3.82. The number of unbranched alkanes of at least 4 members (excludes halogenated alkanes) is 3. The Hall–Kier alpha value is -1.91. The van der Waals surface area contributed by atoms with Crippen LogP contribution in [0.4, 0.5) is 0 Å². The van der Waals surface area contributed by atoms with Crippen molar-refractivity contribution in [3.8, 4) is 0 Å². The predicted octanol–water partition coefficient (Wildman–Crippen LogP) is 3.41. The van der Waals surface area contributed by atoms with Gasteiger partial charge in [0.05, 0.1) is 12.2 Å². The normalized spacial score (nSPS) is 13.2. The van der Waals surface area contributed by atoms with E-state index in [2.05, 4.69) is 17.2 Å². The van der Waals surface area contributed by atoms with Crippen LogP contribution in [0.5, 0.6) is 0 Å². The van der Waals surface area contributed by atoms with Crippen LogP contribution in [0.2, 0.25) is 0 Å². The number of hydrogen-bond acceptors (Lipinski definition) is 4. The lowest BCUT2D eigenvalue weighted by atomic mass is 9.93. The van der Waals surface area contributed by atoms with Crippen LogP contribution in [0.15, 0.2) is 18.3 Å². The maximum atomic E-state index is 12.4. The largest absolute Gasteiger partial charge is 0.464 e. The van der Waals surface area contributed by atoms with Gasteiger partial charge >= 0.3 is 5.97 Å². The number of aryl methyl sites for hydroxylation is 1. The molecule has 1 aromatic rings. The van der Waals surface area contributed by atoms with Gasteiger partial charge in [-0.3, -0.25) is 9.78 Å². The number of rotatable bonds is 9. The molecule has 1 N–H and O–H groups in total. The molecule has 5 nitrogen and oxygen atoms in total. The molecule has 0 aromatic carbocycles. The summed E-state index contributed by atoms with van der Waals surface area (Å²) >= 11 is 0. The van der Waals surface area contributed by atoms with Crippen molar-refractivity contribution < 1.29 is 14.3 Å². The minimum absolute atomic E-state index is 0.297. The Bertz CT molecular complexity index is 514. The first kappa shape index (κ1) is 19.1. The van der Waals surface area contributed by atoms with E-state index in [0.29, 0.717) is 18.6 Å². The maximum absolute atomic E-state index is 12.4. The molecule has 5 heteroatoms. The van der Waals surface area contributed by atoms with Crippen molar-refractivity contribution >= 4 is 11.9 Å². The summed E-state index contributed by atoms with van der Waals surface area (Å²) in [7, 11) is 0. The minimum Gasteiger partial charge on any atom is -0.464 e. The van der Waals surface area contributed by atoms with E-state index >= 15 is 0 Å². The van der Waals surface area contributed by atoms with E-state index in [1.165, 1.54) is 6.20 Å². The quantitative estimate of drug-likeness (QED) is 0.559. The summed E-state index contributed by atoms with van der Waals surface area (Å²) < 4.78 is 5.15. The fourth-order valence-corrected chi connectivity index (χ4v) is 2.34. The van der Waals surface area contributed by atoms with Gasteiger partial charge in [0.2, 0.25) is 0 Å². The molecule has 128 valence electrons. The second-order valence-corrected chi connectivity index (χ2v) is 6.01. The lowest BCUT2D eigenvalue weighted by molar-refractivity contribution is -0.150. The Morgan fingerprint density at radius 2 is 1.96 bits per heavy atom. The van der Waals surface area contributed by atoms with Gasteiger partial charge in [0.1, 0.15) is 5.54 Å². The fourth-order valence-electron chi connectivity index (χ4n) is 2.34. The smallest absolute Gasteiger partial charge is 0.331 e. The second kappa shape index (κ2) is 9.28. The standard InChI is InChI=1S/C18H28N2O3/c1-5-7-8-9-12-18(4,17(22)23-6-2)20-16(21)15-11-10-14(3)19-13-15/h10-11,13H,5-9,12H2,1-4H3,(H,20,21). The average Bonchev–Trinajstić information content (AvgIpc) is 2.52. The van der Waals surface area contributed by atoms with Gasteiger partial charge in [0, 0.05) is 11.9 Å². The lowest BCUT2D eigenvalue weighted by Gasteiger charge is -2.28. The number of carbonyl (C=O) groups excluding carboxylic acids is 2. The summed E-state index contributed by atoms with van der Waals surface area (Å²) in [6.07, 6.45) is 6.24. The molecule has 0 aliphatic carbocycles. The Labute approximate surface area is 138 Å². The fraction of sp³-hybridized carbons (Fsp3) is 0.611. The molecule has 1 amide bonds. The molecule has 1 aromatic heterocycles. The molecule has 0 radical (unpaired) electrons. The van der Waals surface area contributed by atoms with E-state index in [-0.39, 0.29) is 11.9 Å². The van der Waals surface area contributed by atoms with Gasteiger partial charge in [0.25, 0.3) is 5.91 Å². The van der Waals surface area contributed by atoms with Gasteiger partial charge in [-0.25, -0.2) is 4.79 Å². The van der Waals surface area contributed by atoms with Crippen molar-refractivity contribution in [1.82, 2.24) is 10.3 Å². The van der Waals surface area contributed by atoms with Crippen molar-refractivity contribution in [1.29, 1.82) is 0 Å². The van der Waals surface area contributed by atoms with Crippen molar-refractivity contribution in [2.45, 2.75) is 65.3 Å². The van der Waals surface area contributed by atoms with E-state index in [1.807, 2.05) is 6.92 Å². The molecule has 1 unspecified atom stereocenters. The highest BCUT2D eigenvalue weighted by Gasteiger charge is 2.36. The molecule has 0 saturated carbocycles. The van der Waals surface area contributed by atoms with E-state index in [9.17, 15) is 9.59 Å². The highest BCUT2D eigenvalue weighted by molar-refractivity contribution is 5.97. The molecule has 0 fully saturated rings. The van der Waals surface area contributed by atoms with Crippen LogP contribution in [0, 0.1) is 6.92 Å². The van der Waals surface area contributed by atoms with Gasteiger partial charge in [-0.05, 0) is 39.3 Å². The highest BCUT2D eigenvalue weighted by atomic mass is 16.5. The molecule has 0 aliphatic heterocycles. The van der Waals surface area contributed by atoms with E-state index in [0.717, 1.165) is 31.4 Å². The lowest BCUT2D eigenvalue weighted by Crippen LogP contribution is -2.53. The first-order chi connectivity index (χ1) is 10.9. The van der Waals surface area contributed by atoms with Crippen molar-refractivity contribution in [2.75, 3.05) is 6.61 Å². The van der Waals surface area contributed by atoms with Gasteiger partial charge < -0.3 is 10.1 Å². The first-order valence-electron chi connectivity index (χ1n) is 8.35. The molecular weight excluding hydrogens is 292 g/mol. The molecule has 0 bridgehead atoms. The van der Waals surface area contributed by atoms with Crippen LogP contribution in [-0.4, -0.2) is 29.0 Å². The van der Waals surface area contributed by atoms with Crippen molar-refractivity contribution in [3.63, 3.8) is 0 Å². The Morgan fingerprint density at radius 1 is 1.22 bits per heavy atom. The van der Waals surface area contributed by atoms with Crippen LogP contribution in [0.3, 0.4) is 0 Å². The number of amides is 1. The van der Waals surface area contributed by atoms with E-state index in [1.54, 1.807) is 26.0 Å². The van der Waals surface area contributed by atoms with Crippen LogP contribution >= 0.6 is 0 Å². The first-order valence-corrected chi connectivity index (χ1v) is 8.35. The summed E-state index contributed by atoms with van der Waals surface area (Å²) in [5, 5.41) is 2.84. The van der Waals surface area contributed by atoms with Crippen LogP contribution in [-0.2, 0) is 9.53 Å². The van der Waals surface area contributed by atoms with Gasteiger partial charge in [-0.15, -0.1) is 0 Å². The maximum Gasteiger partial charge on any atom is 0.331 e.